The number of carbonyl (C=O) groups is 1. The largest absolute Gasteiger partial charge is 0.472 e. The Kier molecular flexibility index (Phi) is 53.2. The summed E-state index contributed by atoms with van der Waals surface area (Å²) in [6, 6.07) is 0. The van der Waals surface area contributed by atoms with Gasteiger partial charge in [0, 0.05) is 19.6 Å². The first kappa shape index (κ1) is 65.4. The van der Waals surface area contributed by atoms with E-state index in [1.165, 1.54) is 122 Å². The summed E-state index contributed by atoms with van der Waals surface area (Å²) in [6.45, 7) is 4.78. The summed E-state index contributed by atoms with van der Waals surface area (Å²) in [4.78, 5) is 22.7. The van der Waals surface area contributed by atoms with Gasteiger partial charge in [0.2, 0.25) is 0 Å². The SMILES string of the molecule is CC/C=C\C/C=C\C/C=C\C/C=C\C/C=C\CCCCCCCCCC(=O)OC(COCCCCCCCCCCCCC/C=C\C/C=C\C/C=C\CCCCCCC)COP(=O)(O)OCCN. The van der Waals surface area contributed by atoms with Crippen molar-refractivity contribution in [1.82, 2.24) is 0 Å². The summed E-state index contributed by atoms with van der Waals surface area (Å²) in [5.41, 5.74) is 5.40. The Morgan fingerprint density at radius 2 is 0.824 bits per heavy atom. The smallest absolute Gasteiger partial charge is 0.457 e. The molecule has 0 saturated carbocycles. The molecule has 0 heterocycles. The van der Waals surface area contributed by atoms with Crippen molar-refractivity contribution >= 4 is 13.8 Å². The maximum atomic E-state index is 12.7. The molecule has 0 radical (unpaired) electrons. The minimum absolute atomic E-state index is 0.0930. The summed E-state index contributed by atoms with van der Waals surface area (Å²) in [7, 11) is -4.30. The molecule has 2 atom stereocenters. The molecule has 0 spiro atoms. The van der Waals surface area contributed by atoms with E-state index in [0.717, 1.165) is 89.9 Å². The number of rotatable bonds is 52. The van der Waals surface area contributed by atoms with E-state index in [0.29, 0.717) is 13.0 Å². The Balaban J connectivity index is 3.96. The average molecular weight is 970 g/mol. The van der Waals surface area contributed by atoms with Gasteiger partial charge in [-0.25, -0.2) is 4.57 Å². The van der Waals surface area contributed by atoms with E-state index in [-0.39, 0.29) is 32.3 Å². The molecular formula is C59H104NO7P. The molecule has 0 aromatic carbocycles. The van der Waals surface area contributed by atoms with Gasteiger partial charge in [0.25, 0.3) is 0 Å². The number of esters is 1. The highest BCUT2D eigenvalue weighted by molar-refractivity contribution is 7.47. The molecule has 0 aliphatic carbocycles. The van der Waals surface area contributed by atoms with Crippen LogP contribution in [0.15, 0.2) is 97.2 Å². The van der Waals surface area contributed by atoms with Crippen LogP contribution in [-0.4, -0.2) is 49.9 Å². The fourth-order valence-electron chi connectivity index (χ4n) is 7.44. The molecule has 0 aliphatic rings. The maximum absolute atomic E-state index is 12.7. The van der Waals surface area contributed by atoms with Gasteiger partial charge in [-0.15, -0.1) is 0 Å². The van der Waals surface area contributed by atoms with Gasteiger partial charge >= 0.3 is 13.8 Å². The van der Waals surface area contributed by atoms with Gasteiger partial charge in [0.05, 0.1) is 19.8 Å². The minimum Gasteiger partial charge on any atom is -0.457 e. The van der Waals surface area contributed by atoms with Crippen molar-refractivity contribution in [3.63, 3.8) is 0 Å². The van der Waals surface area contributed by atoms with Gasteiger partial charge in [0.1, 0.15) is 6.10 Å². The lowest BCUT2D eigenvalue weighted by atomic mass is 10.1. The molecular weight excluding hydrogens is 866 g/mol. The third-order valence-corrected chi connectivity index (χ3v) is 12.5. The van der Waals surface area contributed by atoms with Crippen molar-refractivity contribution in [2.45, 2.75) is 238 Å². The van der Waals surface area contributed by atoms with Crippen molar-refractivity contribution in [2.24, 2.45) is 5.73 Å². The zero-order valence-corrected chi connectivity index (χ0v) is 44.7. The summed E-state index contributed by atoms with van der Waals surface area (Å²) in [6.07, 6.45) is 74.5. The fourth-order valence-corrected chi connectivity index (χ4v) is 8.21. The molecule has 392 valence electrons. The first-order valence-corrected chi connectivity index (χ1v) is 29.2. The highest BCUT2D eigenvalue weighted by atomic mass is 31.2. The summed E-state index contributed by atoms with van der Waals surface area (Å²) >= 11 is 0. The first-order valence-electron chi connectivity index (χ1n) is 27.7. The Hall–Kier alpha value is -2.58. The monoisotopic (exact) mass is 970 g/mol. The summed E-state index contributed by atoms with van der Waals surface area (Å²) < 4.78 is 33.7. The van der Waals surface area contributed by atoms with Gasteiger partial charge in [-0.2, -0.15) is 0 Å². The van der Waals surface area contributed by atoms with Crippen LogP contribution in [0.25, 0.3) is 0 Å². The van der Waals surface area contributed by atoms with Gasteiger partial charge < -0.3 is 20.1 Å². The number of phosphoric ester groups is 1. The number of hydrogen-bond donors (Lipinski definition) is 2. The molecule has 9 heteroatoms. The van der Waals surface area contributed by atoms with E-state index in [4.69, 9.17) is 24.3 Å². The molecule has 0 aliphatic heterocycles. The van der Waals surface area contributed by atoms with Crippen LogP contribution in [0.1, 0.15) is 232 Å². The third kappa shape index (κ3) is 54.4. The molecule has 8 nitrogen and oxygen atoms in total. The second kappa shape index (κ2) is 55.3. The van der Waals surface area contributed by atoms with E-state index in [1.54, 1.807) is 0 Å². The van der Waals surface area contributed by atoms with Crippen LogP contribution < -0.4 is 5.73 Å². The highest BCUT2D eigenvalue weighted by Crippen LogP contribution is 2.43. The van der Waals surface area contributed by atoms with E-state index in [2.05, 4.69) is 111 Å². The molecule has 68 heavy (non-hydrogen) atoms. The molecule has 0 saturated heterocycles. The normalized spacial score (nSPS) is 14.0. The zero-order valence-electron chi connectivity index (χ0n) is 43.8. The van der Waals surface area contributed by atoms with Crippen molar-refractivity contribution in [2.75, 3.05) is 33.0 Å². The lowest BCUT2D eigenvalue weighted by molar-refractivity contribution is -0.154. The van der Waals surface area contributed by atoms with Crippen LogP contribution in [0.3, 0.4) is 0 Å². The number of carbonyl (C=O) groups excluding carboxylic acids is 1. The van der Waals surface area contributed by atoms with Crippen molar-refractivity contribution in [1.29, 1.82) is 0 Å². The second-order valence-electron chi connectivity index (χ2n) is 18.1. The minimum atomic E-state index is -4.30. The molecule has 0 aromatic rings. The van der Waals surface area contributed by atoms with Gasteiger partial charge in [-0.1, -0.05) is 227 Å². The van der Waals surface area contributed by atoms with Crippen molar-refractivity contribution in [3.05, 3.63) is 97.2 Å². The van der Waals surface area contributed by atoms with Crippen LogP contribution in [-0.2, 0) is 27.9 Å². The Bertz CT molecular complexity index is 1370. The Morgan fingerprint density at radius 1 is 0.456 bits per heavy atom. The van der Waals surface area contributed by atoms with Crippen molar-refractivity contribution in [3.8, 4) is 0 Å². The Morgan fingerprint density at radius 3 is 1.24 bits per heavy atom. The predicted molar refractivity (Wildman–Crippen MR) is 293 cm³/mol. The van der Waals surface area contributed by atoms with Gasteiger partial charge in [-0.3, -0.25) is 13.8 Å². The number of nitrogens with two attached hydrogens (primary N) is 1. The van der Waals surface area contributed by atoms with Crippen molar-refractivity contribution < 1.29 is 32.8 Å². The van der Waals surface area contributed by atoms with Crippen LogP contribution in [0, 0.1) is 0 Å². The standard InChI is InChI=1S/C59H104NO7P/c1-3-5-7-9-11-13-15-17-19-21-23-25-27-28-29-31-33-35-37-39-41-43-45-47-49-51-54-64-56-58(57-66-68(62,63)65-55-53-60)67-59(61)52-50-48-46-44-42-40-38-36-34-32-30-26-24-22-20-18-16-14-12-10-8-6-4-2/h6,8,12,14-15,17-18,20-21,23-24,26-28,32,34,58H,3-5,7,9-11,13,16,19,22,25,29-31,33,35-57,60H2,1-2H3,(H,62,63)/b8-6-,14-12-,17-15-,20-18-,23-21-,26-24-,28-27-,34-32-. The van der Waals surface area contributed by atoms with E-state index >= 15 is 0 Å². The number of phosphoric acid groups is 1. The molecule has 0 rings (SSSR count). The molecule has 0 fully saturated rings. The first-order chi connectivity index (χ1) is 33.4. The quantitative estimate of drug-likeness (QED) is 0.0268. The maximum Gasteiger partial charge on any atom is 0.472 e. The van der Waals surface area contributed by atoms with Crippen LogP contribution in [0.5, 0.6) is 0 Å². The van der Waals surface area contributed by atoms with Gasteiger partial charge in [-0.05, 0) is 96.3 Å². The molecule has 3 N–H and O–H groups in total. The lowest BCUT2D eigenvalue weighted by Crippen LogP contribution is -2.28. The van der Waals surface area contributed by atoms with E-state index in [9.17, 15) is 14.3 Å². The zero-order chi connectivity index (χ0) is 49.4. The molecule has 0 amide bonds. The fraction of sp³-hybridized carbons (Fsp3) is 0.712. The molecule has 2 unspecified atom stereocenters. The lowest BCUT2D eigenvalue weighted by Gasteiger charge is -2.20. The van der Waals surface area contributed by atoms with Gasteiger partial charge in [0.15, 0.2) is 0 Å². The van der Waals surface area contributed by atoms with Crippen LogP contribution in [0.2, 0.25) is 0 Å². The molecule has 0 aromatic heterocycles. The third-order valence-electron chi connectivity index (χ3n) is 11.5. The van der Waals surface area contributed by atoms with E-state index in [1.807, 2.05) is 0 Å². The number of unbranched alkanes of at least 4 members (excludes halogenated alkanes) is 23. The topological polar surface area (TPSA) is 117 Å². The Labute approximate surface area is 419 Å². The predicted octanol–water partition coefficient (Wildman–Crippen LogP) is 17.8. The number of ether oxygens (including phenoxy) is 2. The molecule has 0 bridgehead atoms. The van der Waals surface area contributed by atoms with Crippen LogP contribution in [0.4, 0.5) is 0 Å². The summed E-state index contributed by atoms with van der Waals surface area (Å²) in [5, 5.41) is 0. The highest BCUT2D eigenvalue weighted by Gasteiger charge is 2.25. The second-order valence-corrected chi connectivity index (χ2v) is 19.5. The van der Waals surface area contributed by atoms with E-state index < -0.39 is 13.9 Å². The average Bonchev–Trinajstić information content (AvgIpc) is 3.33. The summed E-state index contributed by atoms with van der Waals surface area (Å²) in [5.74, 6) is -0.344. The number of allylic oxidation sites excluding steroid dienone is 16. The number of hydrogen-bond acceptors (Lipinski definition) is 7. The van der Waals surface area contributed by atoms with Crippen LogP contribution >= 0.6 is 7.82 Å².